The summed E-state index contributed by atoms with van der Waals surface area (Å²) in [5, 5.41) is 0. The zero-order chi connectivity index (χ0) is 15.2. The lowest BCUT2D eigenvalue weighted by Gasteiger charge is -2.38. The molecule has 0 aliphatic heterocycles. The molecule has 110 valence electrons. The van der Waals surface area contributed by atoms with Crippen molar-refractivity contribution in [2.45, 2.75) is 47.6 Å². The highest BCUT2D eigenvalue weighted by Gasteiger charge is 2.81. The molecule has 0 spiro atoms. The van der Waals surface area contributed by atoms with Crippen LogP contribution >= 0.6 is 22.6 Å². The van der Waals surface area contributed by atoms with E-state index in [1.54, 1.807) is 0 Å². The average Bonchev–Trinajstić information content (AvgIpc) is 1.95. The summed E-state index contributed by atoms with van der Waals surface area (Å²) < 4.78 is 110. The molecule has 0 aromatic rings. The Morgan fingerprint density at radius 1 is 0.722 bits per heavy atom. The van der Waals surface area contributed by atoms with E-state index in [9.17, 15) is 39.5 Å². The molecule has 0 aromatic heterocycles. The summed E-state index contributed by atoms with van der Waals surface area (Å²) >= 11 is 1.17. The summed E-state index contributed by atoms with van der Waals surface area (Å²) in [6.07, 6.45) is -15.0. The predicted octanol–water partition coefficient (Wildman–Crippen LogP) is 5.06. The van der Waals surface area contributed by atoms with Crippen LogP contribution in [-0.2, 0) is 0 Å². The van der Waals surface area contributed by atoms with Crippen LogP contribution in [0.2, 0.25) is 0 Å². The first-order valence-corrected chi connectivity index (χ1v) is 5.43. The van der Waals surface area contributed by atoms with Gasteiger partial charge in [0.05, 0.1) is 0 Å². The highest BCUT2D eigenvalue weighted by Crippen LogP contribution is 2.56. The fourth-order valence-electron chi connectivity index (χ4n) is 1.19. The molecule has 10 heteroatoms. The highest BCUT2D eigenvalue weighted by molar-refractivity contribution is 14.1. The Labute approximate surface area is 110 Å². The van der Waals surface area contributed by atoms with Gasteiger partial charge in [-0.15, -0.1) is 0 Å². The Bertz CT molecular complexity index is 297. The van der Waals surface area contributed by atoms with E-state index in [-0.39, 0.29) is 0 Å². The maximum Gasteiger partial charge on any atom is 0.457 e. The molecule has 1 unspecified atom stereocenters. The molecular weight excluding hydrogens is 394 g/mol. The first kappa shape index (κ1) is 18.1. The summed E-state index contributed by atoms with van der Waals surface area (Å²) in [4.78, 5) is 0. The van der Waals surface area contributed by atoms with Crippen molar-refractivity contribution in [3.63, 3.8) is 0 Å². The predicted molar refractivity (Wildman–Crippen MR) is 53.6 cm³/mol. The zero-order valence-corrected chi connectivity index (χ0v) is 11.1. The Balaban J connectivity index is 5.81. The van der Waals surface area contributed by atoms with E-state index in [1.165, 1.54) is 22.6 Å². The van der Waals surface area contributed by atoms with Crippen molar-refractivity contribution in [3.8, 4) is 0 Å². The molecule has 0 nitrogen and oxygen atoms in total. The van der Waals surface area contributed by atoms with Crippen molar-refractivity contribution in [1.29, 1.82) is 0 Å². The van der Waals surface area contributed by atoms with Crippen LogP contribution in [-0.4, -0.2) is 27.4 Å². The van der Waals surface area contributed by atoms with Gasteiger partial charge in [-0.3, -0.25) is 0 Å². The van der Waals surface area contributed by atoms with Gasteiger partial charge >= 0.3 is 18.3 Å². The molecule has 0 saturated carbocycles. The molecule has 0 fully saturated rings. The first-order chi connectivity index (χ1) is 7.46. The lowest BCUT2D eigenvalue weighted by atomic mass is 9.87. The number of alkyl halides is 10. The molecular formula is C8H8F9I. The second-order valence-corrected chi connectivity index (χ2v) is 7.19. The lowest BCUT2D eigenvalue weighted by Crippen LogP contribution is -2.63. The Morgan fingerprint density at radius 2 is 1.06 bits per heavy atom. The van der Waals surface area contributed by atoms with Gasteiger partial charge in [0.2, 0.25) is 0 Å². The standard InChI is InChI=1S/C8H8F9I/c1-4(2,18)3-5(9,7(12,13)14)6(10,11)8(15,16)17/h3H2,1-2H3. The van der Waals surface area contributed by atoms with Gasteiger partial charge in [-0.05, 0) is 0 Å². The first-order valence-electron chi connectivity index (χ1n) is 4.35. The van der Waals surface area contributed by atoms with Crippen molar-refractivity contribution < 1.29 is 39.5 Å². The van der Waals surface area contributed by atoms with Crippen LogP contribution in [0.25, 0.3) is 0 Å². The summed E-state index contributed by atoms with van der Waals surface area (Å²) in [6, 6.07) is 0. The molecule has 1 atom stereocenters. The van der Waals surface area contributed by atoms with E-state index in [4.69, 9.17) is 0 Å². The van der Waals surface area contributed by atoms with Crippen LogP contribution < -0.4 is 0 Å². The average molecular weight is 402 g/mol. The number of hydrogen-bond donors (Lipinski definition) is 0. The molecule has 0 rings (SSSR count). The molecule has 0 amide bonds. The molecule has 0 saturated heterocycles. The van der Waals surface area contributed by atoms with Crippen LogP contribution in [0, 0.1) is 0 Å². The van der Waals surface area contributed by atoms with Crippen molar-refractivity contribution in [2.75, 3.05) is 0 Å². The van der Waals surface area contributed by atoms with Gasteiger partial charge in [-0.2, -0.15) is 35.1 Å². The fraction of sp³-hybridized carbons (Fsp3) is 1.00. The van der Waals surface area contributed by atoms with Gasteiger partial charge in [0.1, 0.15) is 0 Å². The van der Waals surface area contributed by atoms with Crippen LogP contribution in [0.5, 0.6) is 0 Å². The highest BCUT2D eigenvalue weighted by atomic mass is 127. The van der Waals surface area contributed by atoms with Crippen molar-refractivity contribution in [2.24, 2.45) is 0 Å². The van der Waals surface area contributed by atoms with E-state index in [1.807, 2.05) is 0 Å². The fourth-order valence-corrected chi connectivity index (χ4v) is 1.72. The number of rotatable bonds is 3. The quantitative estimate of drug-likeness (QED) is 0.352. The lowest BCUT2D eigenvalue weighted by molar-refractivity contribution is -0.385. The monoisotopic (exact) mass is 402 g/mol. The third-order valence-electron chi connectivity index (χ3n) is 1.97. The van der Waals surface area contributed by atoms with Crippen molar-refractivity contribution in [1.82, 2.24) is 0 Å². The molecule has 0 aromatic carbocycles. The maximum absolute atomic E-state index is 13.5. The molecule has 0 bridgehead atoms. The second-order valence-electron chi connectivity index (χ2n) is 4.27. The molecule has 0 N–H and O–H groups in total. The van der Waals surface area contributed by atoms with E-state index in [2.05, 4.69) is 0 Å². The Morgan fingerprint density at radius 3 is 1.22 bits per heavy atom. The minimum atomic E-state index is -6.63. The molecule has 0 aliphatic carbocycles. The normalized spacial score (nSPS) is 18.7. The molecule has 18 heavy (non-hydrogen) atoms. The summed E-state index contributed by atoms with van der Waals surface area (Å²) in [5.74, 6) is -6.51. The SMILES string of the molecule is CC(C)(I)CC(F)(C(F)(F)F)C(F)(F)C(F)(F)F. The van der Waals surface area contributed by atoms with Crippen LogP contribution in [0.15, 0.2) is 0 Å². The van der Waals surface area contributed by atoms with E-state index in [0.717, 1.165) is 13.8 Å². The summed E-state index contributed by atoms with van der Waals surface area (Å²) in [7, 11) is 0. The molecule has 0 radical (unpaired) electrons. The smallest absolute Gasteiger partial charge is 0.227 e. The number of halogens is 10. The minimum Gasteiger partial charge on any atom is -0.227 e. The van der Waals surface area contributed by atoms with Crippen molar-refractivity contribution in [3.05, 3.63) is 0 Å². The van der Waals surface area contributed by atoms with Gasteiger partial charge < -0.3 is 0 Å². The third kappa shape index (κ3) is 3.35. The Hall–Kier alpha value is 0.1000. The minimum absolute atomic E-state index is 0.917. The topological polar surface area (TPSA) is 0 Å². The molecule has 0 heterocycles. The van der Waals surface area contributed by atoms with Gasteiger partial charge in [-0.25, -0.2) is 4.39 Å². The third-order valence-corrected chi connectivity index (χ3v) is 2.35. The van der Waals surface area contributed by atoms with E-state index >= 15 is 0 Å². The van der Waals surface area contributed by atoms with Crippen LogP contribution in [0.1, 0.15) is 20.3 Å². The van der Waals surface area contributed by atoms with Gasteiger partial charge in [0.25, 0.3) is 5.67 Å². The van der Waals surface area contributed by atoms with Crippen LogP contribution in [0.3, 0.4) is 0 Å². The van der Waals surface area contributed by atoms with Gasteiger partial charge in [0.15, 0.2) is 0 Å². The number of hydrogen-bond acceptors (Lipinski definition) is 0. The Kier molecular flexibility index (Phi) is 4.61. The second kappa shape index (κ2) is 4.58. The van der Waals surface area contributed by atoms with Gasteiger partial charge in [-0.1, -0.05) is 36.4 Å². The van der Waals surface area contributed by atoms with E-state index in [0.29, 0.717) is 0 Å². The summed E-state index contributed by atoms with van der Waals surface area (Å²) in [6.45, 7) is 1.83. The maximum atomic E-state index is 13.5. The zero-order valence-electron chi connectivity index (χ0n) is 8.99. The van der Waals surface area contributed by atoms with Gasteiger partial charge in [0, 0.05) is 9.84 Å². The van der Waals surface area contributed by atoms with Crippen LogP contribution in [0.4, 0.5) is 39.5 Å². The molecule has 0 aliphatic rings. The summed E-state index contributed by atoms with van der Waals surface area (Å²) in [5.41, 5.74) is -5.66. The largest absolute Gasteiger partial charge is 0.457 e. The van der Waals surface area contributed by atoms with E-state index < -0.39 is 33.8 Å². The van der Waals surface area contributed by atoms with Crippen molar-refractivity contribution >= 4 is 22.6 Å².